The fraction of sp³-hybridized carbons (Fsp3) is 0.200. The van der Waals surface area contributed by atoms with Gasteiger partial charge in [0.2, 0.25) is 0 Å². The number of hydrogen-bond donors (Lipinski definition) is 2. The molecule has 1 aromatic heterocycles. The number of rotatable bonds is 5. The first-order valence-electron chi connectivity index (χ1n) is 6.35. The number of nitrogens with one attached hydrogen (secondary N) is 1. The number of hydrogen-bond acceptors (Lipinski definition) is 3. The van der Waals surface area contributed by atoms with Gasteiger partial charge in [-0.3, -0.25) is 4.79 Å². The second kappa shape index (κ2) is 6.34. The van der Waals surface area contributed by atoms with Crippen LogP contribution in [0.25, 0.3) is 0 Å². The average Bonchev–Trinajstić information content (AvgIpc) is 2.89. The van der Waals surface area contributed by atoms with E-state index in [1.807, 2.05) is 31.2 Å². The number of aryl methyl sites for hydroxylation is 1. The van der Waals surface area contributed by atoms with E-state index in [4.69, 9.17) is 22.4 Å². The molecule has 1 aromatic carbocycles. The standard InChI is InChI=1S/C15H16N2O2S/c1-2-12-7-8-13(19-12)15(18)17-11-5-3-10(4-6-11)9-14(16)20/h3-8H,2,9H2,1H3,(H2,16,20)(H,17,18). The highest BCUT2D eigenvalue weighted by atomic mass is 32.1. The van der Waals surface area contributed by atoms with Crippen LogP contribution in [0.5, 0.6) is 0 Å². The third-order valence-corrected chi connectivity index (χ3v) is 2.97. The molecule has 1 heterocycles. The summed E-state index contributed by atoms with van der Waals surface area (Å²) in [5.41, 5.74) is 7.20. The SMILES string of the molecule is CCc1ccc(C(=O)Nc2ccc(CC(N)=S)cc2)o1. The van der Waals surface area contributed by atoms with Crippen LogP contribution in [0.4, 0.5) is 5.69 Å². The van der Waals surface area contributed by atoms with Gasteiger partial charge >= 0.3 is 0 Å². The van der Waals surface area contributed by atoms with Gasteiger partial charge in [0.1, 0.15) is 5.76 Å². The van der Waals surface area contributed by atoms with Gasteiger partial charge in [0, 0.05) is 18.5 Å². The number of thiocarbonyl (C=S) groups is 1. The molecule has 0 saturated heterocycles. The van der Waals surface area contributed by atoms with E-state index < -0.39 is 0 Å². The van der Waals surface area contributed by atoms with Crippen LogP contribution in [0.3, 0.4) is 0 Å². The third-order valence-electron chi connectivity index (χ3n) is 2.82. The minimum atomic E-state index is -0.258. The van der Waals surface area contributed by atoms with E-state index in [2.05, 4.69) is 5.32 Å². The topological polar surface area (TPSA) is 68.3 Å². The molecule has 0 aliphatic carbocycles. The summed E-state index contributed by atoms with van der Waals surface area (Å²) < 4.78 is 5.40. The molecule has 0 atom stereocenters. The Balaban J connectivity index is 2.02. The second-order valence-electron chi connectivity index (χ2n) is 4.41. The van der Waals surface area contributed by atoms with Gasteiger partial charge < -0.3 is 15.5 Å². The van der Waals surface area contributed by atoms with Crippen molar-refractivity contribution in [3.8, 4) is 0 Å². The van der Waals surface area contributed by atoms with Crippen LogP contribution in [-0.4, -0.2) is 10.9 Å². The number of nitrogens with two attached hydrogens (primary N) is 1. The lowest BCUT2D eigenvalue weighted by Crippen LogP contribution is -2.12. The van der Waals surface area contributed by atoms with Gasteiger partial charge in [-0.25, -0.2) is 0 Å². The zero-order chi connectivity index (χ0) is 14.5. The predicted molar refractivity (Wildman–Crippen MR) is 83.0 cm³/mol. The van der Waals surface area contributed by atoms with Crippen LogP contribution in [0.2, 0.25) is 0 Å². The Hall–Kier alpha value is -2.14. The Labute approximate surface area is 123 Å². The zero-order valence-corrected chi connectivity index (χ0v) is 12.0. The molecular formula is C15H16N2O2S. The summed E-state index contributed by atoms with van der Waals surface area (Å²) in [7, 11) is 0. The fourth-order valence-corrected chi connectivity index (χ4v) is 1.96. The molecule has 5 heteroatoms. The molecule has 2 aromatic rings. The zero-order valence-electron chi connectivity index (χ0n) is 11.2. The Morgan fingerprint density at radius 1 is 1.25 bits per heavy atom. The minimum absolute atomic E-state index is 0.258. The van der Waals surface area contributed by atoms with Crippen molar-refractivity contribution >= 4 is 28.8 Å². The van der Waals surface area contributed by atoms with Crippen LogP contribution >= 0.6 is 12.2 Å². The number of carbonyl (C=O) groups is 1. The van der Waals surface area contributed by atoms with E-state index in [0.29, 0.717) is 22.9 Å². The van der Waals surface area contributed by atoms with E-state index >= 15 is 0 Å². The molecule has 0 aliphatic heterocycles. The van der Waals surface area contributed by atoms with Crippen LogP contribution < -0.4 is 11.1 Å². The first-order valence-corrected chi connectivity index (χ1v) is 6.76. The van der Waals surface area contributed by atoms with Crippen molar-refractivity contribution in [3.63, 3.8) is 0 Å². The van der Waals surface area contributed by atoms with Crippen LogP contribution in [0.1, 0.15) is 28.8 Å². The van der Waals surface area contributed by atoms with Crippen LogP contribution in [0.15, 0.2) is 40.8 Å². The molecular weight excluding hydrogens is 272 g/mol. The number of anilines is 1. The van der Waals surface area contributed by atoms with Gasteiger partial charge in [-0.2, -0.15) is 0 Å². The lowest BCUT2D eigenvalue weighted by Gasteiger charge is -2.05. The lowest BCUT2D eigenvalue weighted by atomic mass is 10.1. The number of furan rings is 1. The Bertz CT molecular complexity index is 617. The second-order valence-corrected chi connectivity index (χ2v) is 4.94. The van der Waals surface area contributed by atoms with Gasteiger partial charge in [-0.05, 0) is 29.8 Å². The van der Waals surface area contributed by atoms with Crippen molar-refractivity contribution in [2.75, 3.05) is 5.32 Å². The molecule has 0 fully saturated rings. The predicted octanol–water partition coefficient (Wildman–Crippen LogP) is 2.92. The summed E-state index contributed by atoms with van der Waals surface area (Å²) in [5.74, 6) is 0.850. The van der Waals surface area contributed by atoms with Gasteiger partial charge in [0.25, 0.3) is 5.91 Å². The third kappa shape index (κ3) is 3.68. The maximum absolute atomic E-state index is 12.0. The fourth-order valence-electron chi connectivity index (χ4n) is 1.79. The van der Waals surface area contributed by atoms with E-state index in [1.54, 1.807) is 12.1 Å². The maximum atomic E-state index is 12.0. The molecule has 4 nitrogen and oxygen atoms in total. The quantitative estimate of drug-likeness (QED) is 0.830. The highest BCUT2D eigenvalue weighted by Gasteiger charge is 2.10. The first kappa shape index (κ1) is 14.3. The first-order chi connectivity index (χ1) is 9.58. The summed E-state index contributed by atoms with van der Waals surface area (Å²) in [6, 6.07) is 10.9. The van der Waals surface area contributed by atoms with Crippen molar-refractivity contribution in [3.05, 3.63) is 53.5 Å². The maximum Gasteiger partial charge on any atom is 0.291 e. The van der Waals surface area contributed by atoms with Crippen LogP contribution in [0, 0.1) is 0 Å². The summed E-state index contributed by atoms with van der Waals surface area (Å²) in [6.45, 7) is 1.97. The van der Waals surface area contributed by atoms with E-state index in [9.17, 15) is 4.79 Å². The number of benzene rings is 1. The van der Waals surface area contributed by atoms with E-state index in [1.165, 1.54) is 0 Å². The van der Waals surface area contributed by atoms with Crippen molar-refractivity contribution < 1.29 is 9.21 Å². The molecule has 0 unspecified atom stereocenters. The van der Waals surface area contributed by atoms with Crippen molar-refractivity contribution in [2.45, 2.75) is 19.8 Å². The highest BCUT2D eigenvalue weighted by Crippen LogP contribution is 2.14. The molecule has 0 radical (unpaired) electrons. The summed E-state index contributed by atoms with van der Waals surface area (Å²) in [5, 5.41) is 2.78. The summed E-state index contributed by atoms with van der Waals surface area (Å²) in [4.78, 5) is 12.4. The van der Waals surface area contributed by atoms with E-state index in [0.717, 1.165) is 17.7 Å². The van der Waals surface area contributed by atoms with Crippen molar-refractivity contribution in [1.82, 2.24) is 0 Å². The van der Waals surface area contributed by atoms with Crippen LogP contribution in [-0.2, 0) is 12.8 Å². The Morgan fingerprint density at radius 2 is 1.95 bits per heavy atom. The molecule has 20 heavy (non-hydrogen) atoms. The molecule has 3 N–H and O–H groups in total. The van der Waals surface area contributed by atoms with Gasteiger partial charge in [-0.15, -0.1) is 0 Å². The molecule has 2 rings (SSSR count). The summed E-state index contributed by atoms with van der Waals surface area (Å²) in [6.07, 6.45) is 1.32. The van der Waals surface area contributed by atoms with Gasteiger partial charge in [0.05, 0.1) is 4.99 Å². The van der Waals surface area contributed by atoms with Gasteiger partial charge in [-0.1, -0.05) is 31.3 Å². The highest BCUT2D eigenvalue weighted by molar-refractivity contribution is 7.80. The van der Waals surface area contributed by atoms with Gasteiger partial charge in [0.15, 0.2) is 5.76 Å². The largest absolute Gasteiger partial charge is 0.456 e. The smallest absolute Gasteiger partial charge is 0.291 e. The minimum Gasteiger partial charge on any atom is -0.456 e. The Morgan fingerprint density at radius 3 is 2.50 bits per heavy atom. The lowest BCUT2D eigenvalue weighted by molar-refractivity contribution is 0.0995. The molecule has 0 aliphatic rings. The normalized spacial score (nSPS) is 10.2. The number of carbonyl (C=O) groups excluding carboxylic acids is 1. The average molecular weight is 288 g/mol. The van der Waals surface area contributed by atoms with Crippen molar-refractivity contribution in [1.29, 1.82) is 0 Å². The molecule has 0 spiro atoms. The molecule has 1 amide bonds. The van der Waals surface area contributed by atoms with Crippen molar-refractivity contribution in [2.24, 2.45) is 5.73 Å². The number of amides is 1. The summed E-state index contributed by atoms with van der Waals surface area (Å²) >= 11 is 4.85. The Kier molecular flexibility index (Phi) is 4.53. The monoisotopic (exact) mass is 288 g/mol. The molecule has 104 valence electrons. The molecule has 0 bridgehead atoms. The molecule has 0 saturated carbocycles. The van der Waals surface area contributed by atoms with E-state index in [-0.39, 0.29) is 5.91 Å².